The van der Waals surface area contributed by atoms with Gasteiger partial charge in [0.05, 0.1) is 0 Å². The monoisotopic (exact) mass is 202 g/mol. The molecule has 0 radical (unpaired) electrons. The summed E-state index contributed by atoms with van der Waals surface area (Å²) in [6, 6.07) is 1.87. The lowest BCUT2D eigenvalue weighted by Gasteiger charge is -2.03. The summed E-state index contributed by atoms with van der Waals surface area (Å²) in [5, 5.41) is 9.85. The highest BCUT2D eigenvalue weighted by Crippen LogP contribution is 2.08. The van der Waals surface area contributed by atoms with Gasteiger partial charge in [0.25, 0.3) is 0 Å². The Hall–Kier alpha value is -0.880. The van der Waals surface area contributed by atoms with Crippen molar-refractivity contribution in [2.75, 3.05) is 7.05 Å². The van der Waals surface area contributed by atoms with Crippen LogP contribution in [0.15, 0.2) is 21.7 Å². The molecule has 1 atom stereocenters. The molecule has 0 amide bonds. The molecular formula is C7H14N4OS. The molecule has 0 bridgehead atoms. The second kappa shape index (κ2) is 3.47. The van der Waals surface area contributed by atoms with Crippen molar-refractivity contribution in [2.45, 2.75) is 24.9 Å². The van der Waals surface area contributed by atoms with Gasteiger partial charge in [-0.3, -0.25) is 4.68 Å². The van der Waals surface area contributed by atoms with E-state index in [0.717, 1.165) is 0 Å². The number of hydrogen-bond acceptors (Lipinski definition) is 3. The van der Waals surface area contributed by atoms with Gasteiger partial charge in [-0.25, -0.2) is 13.7 Å². The lowest BCUT2D eigenvalue weighted by atomic mass is 10.4. The number of hydrogen-bond donors (Lipinski definition) is 1. The maximum absolute atomic E-state index is 11.5. The van der Waals surface area contributed by atoms with Crippen molar-refractivity contribution in [1.82, 2.24) is 9.78 Å². The zero-order valence-electron chi connectivity index (χ0n) is 7.97. The van der Waals surface area contributed by atoms with Gasteiger partial charge in [-0.2, -0.15) is 5.10 Å². The van der Waals surface area contributed by atoms with E-state index in [9.17, 15) is 4.21 Å². The molecule has 1 aromatic heterocycles. The van der Waals surface area contributed by atoms with E-state index in [2.05, 4.69) is 9.46 Å². The summed E-state index contributed by atoms with van der Waals surface area (Å²) in [6.45, 7) is 3.97. The first kappa shape index (κ1) is 10.2. The number of aromatic nitrogens is 2. The van der Waals surface area contributed by atoms with E-state index in [1.807, 2.05) is 13.8 Å². The minimum absolute atomic E-state index is 0.237. The van der Waals surface area contributed by atoms with Gasteiger partial charge in [0.15, 0.2) is 14.9 Å². The molecular weight excluding hydrogens is 188 g/mol. The van der Waals surface area contributed by atoms with Crippen molar-refractivity contribution in [3.8, 4) is 0 Å². The normalized spacial score (nSPS) is 15.8. The van der Waals surface area contributed by atoms with Gasteiger partial charge >= 0.3 is 0 Å². The molecule has 0 aliphatic rings. The minimum atomic E-state index is -2.77. The van der Waals surface area contributed by atoms with Crippen molar-refractivity contribution < 1.29 is 4.21 Å². The summed E-state index contributed by atoms with van der Waals surface area (Å²) < 4.78 is 16.8. The topological polar surface area (TPSA) is 73.3 Å². The van der Waals surface area contributed by atoms with Gasteiger partial charge in [-0.05, 0) is 19.9 Å². The Kier molecular flexibility index (Phi) is 2.72. The Labute approximate surface area is 78.3 Å². The van der Waals surface area contributed by atoms with Crippen LogP contribution in [0.3, 0.4) is 0 Å². The van der Waals surface area contributed by atoms with Crippen LogP contribution in [0.1, 0.15) is 19.9 Å². The van der Waals surface area contributed by atoms with Gasteiger partial charge in [0.1, 0.15) is 0 Å². The third-order valence-corrected chi connectivity index (χ3v) is 3.04. The van der Waals surface area contributed by atoms with E-state index >= 15 is 0 Å². The van der Waals surface area contributed by atoms with Gasteiger partial charge < -0.3 is 0 Å². The summed E-state index contributed by atoms with van der Waals surface area (Å²) in [5.41, 5.74) is 0. The maximum atomic E-state index is 11.5. The van der Waals surface area contributed by atoms with Crippen LogP contribution >= 0.6 is 0 Å². The average molecular weight is 202 g/mol. The van der Waals surface area contributed by atoms with E-state index in [1.165, 1.54) is 7.05 Å². The molecule has 0 saturated heterocycles. The van der Waals surface area contributed by atoms with Crippen LogP contribution in [0, 0.1) is 0 Å². The fourth-order valence-electron chi connectivity index (χ4n) is 0.858. The third kappa shape index (κ3) is 2.07. The molecule has 0 aliphatic heterocycles. The van der Waals surface area contributed by atoms with Gasteiger partial charge in [0.2, 0.25) is 0 Å². The standard InChI is InChI=1S/C7H14N4OS/c1-6(2)11-5-4-7(10-11)13(8,12)9-3/h4-6H,1-3H3,(H2,8,9,12). The van der Waals surface area contributed by atoms with Gasteiger partial charge in [-0.15, -0.1) is 0 Å². The zero-order valence-corrected chi connectivity index (χ0v) is 8.78. The van der Waals surface area contributed by atoms with Crippen LogP contribution in [-0.4, -0.2) is 21.0 Å². The molecule has 2 N–H and O–H groups in total. The highest BCUT2D eigenvalue weighted by molar-refractivity contribution is 7.91. The summed E-state index contributed by atoms with van der Waals surface area (Å²) in [7, 11) is -1.34. The highest BCUT2D eigenvalue weighted by Gasteiger charge is 2.10. The van der Waals surface area contributed by atoms with Crippen LogP contribution in [-0.2, 0) is 9.92 Å². The Morgan fingerprint density at radius 3 is 2.69 bits per heavy atom. The second-order valence-corrected chi connectivity index (χ2v) is 4.90. The van der Waals surface area contributed by atoms with Gasteiger partial charge in [-0.1, -0.05) is 0 Å². The van der Waals surface area contributed by atoms with Crippen LogP contribution in [0.4, 0.5) is 0 Å². The Balaban J connectivity index is 3.14. The molecule has 0 saturated carbocycles. The Morgan fingerprint density at radius 1 is 1.69 bits per heavy atom. The fraction of sp³-hybridized carbons (Fsp3) is 0.571. The molecule has 1 aromatic rings. The first-order chi connectivity index (χ1) is 5.97. The van der Waals surface area contributed by atoms with Crippen molar-refractivity contribution in [3.05, 3.63) is 12.3 Å². The molecule has 1 unspecified atom stereocenters. The fourth-order valence-corrected chi connectivity index (χ4v) is 1.51. The van der Waals surface area contributed by atoms with E-state index in [1.54, 1.807) is 16.9 Å². The predicted octanol–water partition coefficient (Wildman–Crippen LogP) is 0.794. The second-order valence-electron chi connectivity index (χ2n) is 2.98. The summed E-state index contributed by atoms with van der Waals surface area (Å²) in [6.07, 6.45) is 1.75. The van der Waals surface area contributed by atoms with Crippen molar-refractivity contribution in [3.63, 3.8) is 0 Å². The van der Waals surface area contributed by atoms with Gasteiger partial charge in [0, 0.05) is 19.3 Å². The van der Waals surface area contributed by atoms with Crippen molar-refractivity contribution in [1.29, 1.82) is 0 Å². The van der Waals surface area contributed by atoms with Crippen LogP contribution in [0.2, 0.25) is 0 Å². The highest BCUT2D eigenvalue weighted by atomic mass is 32.2. The molecule has 0 aliphatic carbocycles. The molecule has 0 aromatic carbocycles. The predicted molar refractivity (Wildman–Crippen MR) is 51.6 cm³/mol. The summed E-state index contributed by atoms with van der Waals surface area (Å²) >= 11 is 0. The average Bonchev–Trinajstić information content (AvgIpc) is 2.52. The zero-order chi connectivity index (χ0) is 10.1. The van der Waals surface area contributed by atoms with E-state index in [4.69, 9.17) is 5.14 Å². The molecule has 13 heavy (non-hydrogen) atoms. The Bertz CT molecular complexity index is 400. The van der Waals surface area contributed by atoms with Crippen molar-refractivity contribution >= 4 is 9.92 Å². The SMILES string of the molecule is CN=S(N)(=O)c1ccn(C(C)C)n1. The number of nitrogens with two attached hydrogens (primary N) is 1. The molecule has 1 heterocycles. The summed E-state index contributed by atoms with van der Waals surface area (Å²) in [5.74, 6) is 0. The molecule has 0 fully saturated rings. The maximum Gasteiger partial charge on any atom is 0.172 e. The molecule has 5 nitrogen and oxygen atoms in total. The van der Waals surface area contributed by atoms with E-state index in [-0.39, 0.29) is 6.04 Å². The molecule has 6 heteroatoms. The molecule has 0 spiro atoms. The number of rotatable bonds is 2. The Morgan fingerprint density at radius 2 is 2.31 bits per heavy atom. The van der Waals surface area contributed by atoms with Crippen LogP contribution < -0.4 is 5.14 Å². The van der Waals surface area contributed by atoms with Crippen LogP contribution in [0.5, 0.6) is 0 Å². The summed E-state index contributed by atoms with van der Waals surface area (Å²) in [4.78, 5) is 0. The molecule has 74 valence electrons. The van der Waals surface area contributed by atoms with Crippen LogP contribution in [0.25, 0.3) is 0 Å². The largest absolute Gasteiger partial charge is 0.269 e. The third-order valence-electron chi connectivity index (χ3n) is 1.68. The lowest BCUT2D eigenvalue weighted by molar-refractivity contribution is 0.520. The molecule has 1 rings (SSSR count). The van der Waals surface area contributed by atoms with E-state index in [0.29, 0.717) is 5.03 Å². The first-order valence-corrected chi connectivity index (χ1v) is 5.53. The van der Waals surface area contributed by atoms with Crippen molar-refractivity contribution in [2.24, 2.45) is 9.50 Å². The smallest absolute Gasteiger partial charge is 0.172 e. The quantitative estimate of drug-likeness (QED) is 0.770. The lowest BCUT2D eigenvalue weighted by Crippen LogP contribution is -2.13. The van der Waals surface area contributed by atoms with E-state index < -0.39 is 9.92 Å². The minimum Gasteiger partial charge on any atom is -0.269 e. The first-order valence-electron chi connectivity index (χ1n) is 3.95. The number of nitrogens with zero attached hydrogens (tertiary/aromatic N) is 3.